The molecule has 0 unspecified atom stereocenters. The Balaban J connectivity index is 2.05. The molecule has 0 aliphatic carbocycles. The van der Waals surface area contributed by atoms with Crippen molar-refractivity contribution < 1.29 is 0 Å². The molecule has 0 nitrogen and oxygen atoms in total. The lowest BCUT2D eigenvalue weighted by atomic mass is 9.96. The molecule has 0 heteroatoms. The zero-order chi connectivity index (χ0) is 18.0. The van der Waals surface area contributed by atoms with Crippen molar-refractivity contribution in [1.29, 1.82) is 0 Å². The molecule has 0 amide bonds. The summed E-state index contributed by atoms with van der Waals surface area (Å²) in [5, 5.41) is 4.94. The third-order valence-electron chi connectivity index (χ3n) is 3.88. The topological polar surface area (TPSA) is 0 Å². The van der Waals surface area contributed by atoms with E-state index in [2.05, 4.69) is 107 Å². The molecule has 0 aliphatic heterocycles. The first kappa shape index (κ1) is 17.1. The van der Waals surface area contributed by atoms with Crippen LogP contribution in [0.1, 0.15) is 45.7 Å². The van der Waals surface area contributed by atoms with Crippen molar-refractivity contribution in [3.05, 3.63) is 59.7 Å². The maximum absolute atomic E-state index is 3.31. The molecule has 0 aliphatic rings. The molecule has 0 atom stereocenters. The molecule has 3 aromatic carbocycles. The van der Waals surface area contributed by atoms with Crippen molar-refractivity contribution in [2.24, 2.45) is 11.3 Å². The molecule has 0 N–H and O–H groups in total. The normalized spacial score (nSPS) is 11.1. The number of rotatable bonds is 0. The van der Waals surface area contributed by atoms with E-state index in [4.69, 9.17) is 0 Å². The number of hydrogen-bond acceptors (Lipinski definition) is 0. The molecule has 0 fully saturated rings. The van der Waals surface area contributed by atoms with Gasteiger partial charge in [-0.2, -0.15) is 0 Å². The van der Waals surface area contributed by atoms with Crippen LogP contribution in [0.25, 0.3) is 21.5 Å². The molecule has 124 valence electrons. The van der Waals surface area contributed by atoms with Crippen LogP contribution in [0, 0.1) is 35.0 Å². The average molecular weight is 324 g/mol. The van der Waals surface area contributed by atoms with Gasteiger partial charge in [0.15, 0.2) is 0 Å². The molecule has 0 radical (unpaired) electrons. The Bertz CT molecular complexity index is 1050. The fraction of sp³-hybridized carbons (Fsp3) is 0.280. The minimum atomic E-state index is 0.0196. The van der Waals surface area contributed by atoms with E-state index in [1.165, 1.54) is 21.5 Å². The molecule has 0 saturated carbocycles. The Morgan fingerprint density at radius 1 is 0.680 bits per heavy atom. The number of benzene rings is 3. The van der Waals surface area contributed by atoms with Crippen LogP contribution in [0.4, 0.5) is 0 Å². The molecule has 0 bridgehead atoms. The van der Waals surface area contributed by atoms with Gasteiger partial charge in [-0.15, -0.1) is 0 Å². The Labute approximate surface area is 151 Å². The second kappa shape index (κ2) is 6.66. The highest BCUT2D eigenvalue weighted by atomic mass is 14.1. The minimum Gasteiger partial charge on any atom is -0.0951 e. The van der Waals surface area contributed by atoms with Gasteiger partial charge in [-0.05, 0) is 78.7 Å². The largest absolute Gasteiger partial charge is 0.0951 e. The molecule has 25 heavy (non-hydrogen) atoms. The zero-order valence-corrected chi connectivity index (χ0v) is 15.7. The fourth-order valence-electron chi connectivity index (χ4n) is 2.64. The molecular formula is C25H24. The maximum atomic E-state index is 3.31. The van der Waals surface area contributed by atoms with Crippen LogP contribution >= 0.6 is 0 Å². The van der Waals surface area contributed by atoms with Gasteiger partial charge in [0.05, 0.1) is 0 Å². The monoisotopic (exact) mass is 324 g/mol. The molecule has 0 aromatic heterocycles. The molecule has 3 rings (SSSR count). The summed E-state index contributed by atoms with van der Waals surface area (Å²) in [6.07, 6.45) is 0. The predicted molar refractivity (Wildman–Crippen MR) is 110 cm³/mol. The predicted octanol–water partition coefficient (Wildman–Crippen LogP) is 6.40. The first-order chi connectivity index (χ1) is 11.8. The third kappa shape index (κ3) is 4.43. The highest BCUT2D eigenvalue weighted by molar-refractivity contribution is 5.99. The van der Waals surface area contributed by atoms with Crippen LogP contribution in [0.5, 0.6) is 0 Å². The Morgan fingerprint density at radius 2 is 1.20 bits per heavy atom. The van der Waals surface area contributed by atoms with Gasteiger partial charge in [-0.1, -0.05) is 49.7 Å². The summed E-state index contributed by atoms with van der Waals surface area (Å²) < 4.78 is 0. The van der Waals surface area contributed by atoms with E-state index in [-0.39, 0.29) is 5.41 Å². The van der Waals surface area contributed by atoms with E-state index in [0.29, 0.717) is 5.92 Å². The lowest BCUT2D eigenvalue weighted by Crippen LogP contribution is -1.99. The van der Waals surface area contributed by atoms with E-state index in [1.807, 2.05) is 0 Å². The van der Waals surface area contributed by atoms with Gasteiger partial charge in [-0.3, -0.25) is 0 Å². The smallest absolute Gasteiger partial charge is 0.0251 e. The summed E-state index contributed by atoms with van der Waals surface area (Å²) in [5.41, 5.74) is 2.17. The van der Waals surface area contributed by atoms with Gasteiger partial charge >= 0.3 is 0 Å². The summed E-state index contributed by atoms with van der Waals surface area (Å²) in [7, 11) is 0. The number of hydrogen-bond donors (Lipinski definition) is 0. The van der Waals surface area contributed by atoms with Gasteiger partial charge in [0, 0.05) is 22.5 Å². The Hall–Kier alpha value is -2.70. The average Bonchev–Trinajstić information content (AvgIpc) is 2.55. The van der Waals surface area contributed by atoms with Crippen LogP contribution in [0.3, 0.4) is 0 Å². The van der Waals surface area contributed by atoms with Crippen LogP contribution < -0.4 is 0 Å². The Morgan fingerprint density at radius 3 is 1.68 bits per heavy atom. The van der Waals surface area contributed by atoms with Crippen molar-refractivity contribution in [3.8, 4) is 23.7 Å². The van der Waals surface area contributed by atoms with E-state index < -0.39 is 0 Å². The highest BCUT2D eigenvalue weighted by Crippen LogP contribution is 2.25. The summed E-state index contributed by atoms with van der Waals surface area (Å²) in [4.78, 5) is 0. The van der Waals surface area contributed by atoms with Gasteiger partial charge in [0.1, 0.15) is 0 Å². The summed E-state index contributed by atoms with van der Waals surface area (Å²) in [6.45, 7) is 10.6. The molecule has 0 heterocycles. The van der Waals surface area contributed by atoms with Crippen molar-refractivity contribution in [3.63, 3.8) is 0 Å². The SMILES string of the molecule is CC(C)C#Cc1ccc2cc3cc(C#CC(C)(C)C)ccc3cc2c1. The molecule has 0 spiro atoms. The Kier molecular flexibility index (Phi) is 4.57. The standard InChI is InChI=1S/C25H24/c1-18(2)6-7-19-8-10-21-17-24-15-20(12-13-25(3,4)5)9-11-22(24)16-23(21)14-19/h8-11,14-18H,1-5H3. The first-order valence-corrected chi connectivity index (χ1v) is 8.82. The van der Waals surface area contributed by atoms with E-state index >= 15 is 0 Å². The summed E-state index contributed by atoms with van der Waals surface area (Å²) in [5.74, 6) is 13.5. The summed E-state index contributed by atoms with van der Waals surface area (Å²) >= 11 is 0. The second-order valence-corrected chi connectivity index (χ2v) is 7.90. The van der Waals surface area contributed by atoms with E-state index in [1.54, 1.807) is 0 Å². The number of fused-ring (bicyclic) bond motifs is 2. The van der Waals surface area contributed by atoms with E-state index in [0.717, 1.165) is 11.1 Å². The summed E-state index contributed by atoms with van der Waals surface area (Å²) in [6, 6.07) is 17.4. The van der Waals surface area contributed by atoms with Gasteiger partial charge < -0.3 is 0 Å². The van der Waals surface area contributed by atoms with Crippen molar-refractivity contribution in [2.45, 2.75) is 34.6 Å². The molecular weight excluding hydrogens is 300 g/mol. The van der Waals surface area contributed by atoms with Crippen LogP contribution in [-0.2, 0) is 0 Å². The first-order valence-electron chi connectivity index (χ1n) is 8.82. The van der Waals surface area contributed by atoms with Crippen LogP contribution in [0.15, 0.2) is 48.5 Å². The van der Waals surface area contributed by atoms with Crippen LogP contribution in [-0.4, -0.2) is 0 Å². The minimum absolute atomic E-state index is 0.0196. The maximum Gasteiger partial charge on any atom is 0.0251 e. The van der Waals surface area contributed by atoms with Crippen molar-refractivity contribution >= 4 is 21.5 Å². The van der Waals surface area contributed by atoms with Gasteiger partial charge in [0.25, 0.3) is 0 Å². The fourth-order valence-corrected chi connectivity index (χ4v) is 2.64. The van der Waals surface area contributed by atoms with E-state index in [9.17, 15) is 0 Å². The van der Waals surface area contributed by atoms with Gasteiger partial charge in [0.2, 0.25) is 0 Å². The lowest BCUT2D eigenvalue weighted by molar-refractivity contribution is 0.571. The highest BCUT2D eigenvalue weighted by Gasteiger charge is 2.04. The second-order valence-electron chi connectivity index (χ2n) is 7.90. The third-order valence-corrected chi connectivity index (χ3v) is 3.88. The zero-order valence-electron chi connectivity index (χ0n) is 15.7. The van der Waals surface area contributed by atoms with Crippen molar-refractivity contribution in [2.75, 3.05) is 0 Å². The van der Waals surface area contributed by atoms with Crippen LogP contribution in [0.2, 0.25) is 0 Å². The van der Waals surface area contributed by atoms with Gasteiger partial charge in [-0.25, -0.2) is 0 Å². The quantitative estimate of drug-likeness (QED) is 0.331. The lowest BCUT2D eigenvalue weighted by Gasteiger charge is -2.07. The van der Waals surface area contributed by atoms with Crippen molar-refractivity contribution in [1.82, 2.24) is 0 Å². The molecule has 0 saturated heterocycles. The molecule has 3 aromatic rings.